The molecule has 0 unspecified atom stereocenters. The second-order valence-corrected chi connectivity index (χ2v) is 8.75. The Bertz CT molecular complexity index is 886. The maximum absolute atomic E-state index is 12.7. The van der Waals surface area contributed by atoms with Crippen molar-refractivity contribution in [2.45, 2.75) is 52.9 Å². The molecule has 2 aromatic carbocycles. The summed E-state index contributed by atoms with van der Waals surface area (Å²) in [6.07, 6.45) is 4.49. The van der Waals surface area contributed by atoms with E-state index in [1.54, 1.807) is 0 Å². The number of amides is 2. The second kappa shape index (κ2) is 11.7. The molecule has 0 aromatic heterocycles. The molecule has 1 atom stereocenters. The summed E-state index contributed by atoms with van der Waals surface area (Å²) in [4.78, 5) is 29.5. The Balaban J connectivity index is 1.50. The van der Waals surface area contributed by atoms with E-state index in [9.17, 15) is 9.59 Å². The molecule has 0 bridgehead atoms. The summed E-state index contributed by atoms with van der Waals surface area (Å²) in [6, 6.07) is 16.2. The fraction of sp³-hybridized carbons (Fsp3) is 0.481. The number of carbonyl (C=O) groups is 2. The van der Waals surface area contributed by atoms with Gasteiger partial charge in [-0.1, -0.05) is 51.0 Å². The highest BCUT2D eigenvalue weighted by molar-refractivity contribution is 5.92. The molecule has 0 radical (unpaired) electrons. The average Bonchev–Trinajstić information content (AvgIpc) is 2.81. The van der Waals surface area contributed by atoms with E-state index in [0.717, 1.165) is 68.8 Å². The number of hydrogen-bond acceptors (Lipinski definition) is 3. The molecule has 32 heavy (non-hydrogen) atoms. The molecule has 5 nitrogen and oxygen atoms in total. The minimum absolute atomic E-state index is 0.0833. The molecule has 5 heteroatoms. The number of piperazine rings is 1. The molecule has 2 amide bonds. The Labute approximate surface area is 192 Å². The SMILES string of the molecule is CCCC[C@H](CC)C(=O)Nc1ccc(N2CCN(C(=O)Cc3ccccc3C)CC2)cc1. The van der Waals surface area contributed by atoms with Gasteiger partial charge in [-0.25, -0.2) is 0 Å². The van der Waals surface area contributed by atoms with E-state index < -0.39 is 0 Å². The number of nitrogens with zero attached hydrogens (tertiary/aromatic N) is 2. The van der Waals surface area contributed by atoms with Gasteiger partial charge in [-0.15, -0.1) is 0 Å². The zero-order valence-corrected chi connectivity index (χ0v) is 19.8. The molecule has 172 valence electrons. The smallest absolute Gasteiger partial charge is 0.227 e. The van der Waals surface area contributed by atoms with E-state index >= 15 is 0 Å². The highest BCUT2D eigenvalue weighted by Gasteiger charge is 2.22. The number of hydrogen-bond donors (Lipinski definition) is 1. The van der Waals surface area contributed by atoms with E-state index in [1.807, 2.05) is 35.2 Å². The van der Waals surface area contributed by atoms with Gasteiger partial charge in [0.25, 0.3) is 0 Å². The Morgan fingerprint density at radius 3 is 2.28 bits per heavy atom. The molecule has 3 rings (SSSR count). The van der Waals surface area contributed by atoms with Crippen LogP contribution in [0.15, 0.2) is 48.5 Å². The number of aryl methyl sites for hydroxylation is 1. The molecule has 2 aromatic rings. The third-order valence-electron chi connectivity index (χ3n) is 6.51. The Morgan fingerprint density at radius 1 is 0.969 bits per heavy atom. The summed E-state index contributed by atoms with van der Waals surface area (Å²) in [5.41, 5.74) is 4.26. The van der Waals surface area contributed by atoms with Crippen LogP contribution in [0.3, 0.4) is 0 Å². The highest BCUT2D eigenvalue weighted by atomic mass is 16.2. The fourth-order valence-corrected chi connectivity index (χ4v) is 4.27. The molecule has 0 spiro atoms. The lowest BCUT2D eigenvalue weighted by molar-refractivity contribution is -0.130. The highest BCUT2D eigenvalue weighted by Crippen LogP contribution is 2.22. The first-order valence-corrected chi connectivity index (χ1v) is 12.0. The zero-order valence-electron chi connectivity index (χ0n) is 19.8. The van der Waals surface area contributed by atoms with Gasteiger partial charge < -0.3 is 15.1 Å². The second-order valence-electron chi connectivity index (χ2n) is 8.75. The normalized spacial score (nSPS) is 14.8. The van der Waals surface area contributed by atoms with Gasteiger partial charge in [0.15, 0.2) is 0 Å². The van der Waals surface area contributed by atoms with Crippen molar-refractivity contribution in [2.75, 3.05) is 36.4 Å². The van der Waals surface area contributed by atoms with Crippen LogP contribution >= 0.6 is 0 Å². The van der Waals surface area contributed by atoms with Crippen molar-refractivity contribution in [3.63, 3.8) is 0 Å². The molecule has 1 aliphatic rings. The van der Waals surface area contributed by atoms with Crippen molar-refractivity contribution in [2.24, 2.45) is 5.92 Å². The van der Waals surface area contributed by atoms with E-state index in [1.165, 1.54) is 5.56 Å². The molecule has 1 heterocycles. The fourth-order valence-electron chi connectivity index (χ4n) is 4.27. The average molecular weight is 436 g/mol. The van der Waals surface area contributed by atoms with Crippen LogP contribution in [0.4, 0.5) is 11.4 Å². The van der Waals surface area contributed by atoms with Crippen LogP contribution in [0.1, 0.15) is 50.7 Å². The van der Waals surface area contributed by atoms with Crippen molar-refractivity contribution < 1.29 is 9.59 Å². The lowest BCUT2D eigenvalue weighted by atomic mass is 9.98. The topological polar surface area (TPSA) is 52.7 Å². The van der Waals surface area contributed by atoms with Gasteiger partial charge in [-0.3, -0.25) is 9.59 Å². The minimum atomic E-state index is 0.0833. The van der Waals surface area contributed by atoms with Gasteiger partial charge in [0.05, 0.1) is 6.42 Å². The van der Waals surface area contributed by atoms with Crippen LogP contribution < -0.4 is 10.2 Å². The van der Waals surface area contributed by atoms with E-state index in [2.05, 4.69) is 49.2 Å². The molecule has 1 aliphatic heterocycles. The lowest BCUT2D eigenvalue weighted by Crippen LogP contribution is -2.49. The number of rotatable bonds is 9. The third-order valence-corrected chi connectivity index (χ3v) is 6.51. The van der Waals surface area contributed by atoms with Crippen molar-refractivity contribution in [3.05, 3.63) is 59.7 Å². The molecule has 1 N–H and O–H groups in total. The molecule has 1 fully saturated rings. The van der Waals surface area contributed by atoms with Crippen LogP contribution in [0.25, 0.3) is 0 Å². The van der Waals surface area contributed by atoms with Gasteiger partial charge in [-0.2, -0.15) is 0 Å². The van der Waals surface area contributed by atoms with E-state index in [-0.39, 0.29) is 17.7 Å². The third kappa shape index (κ3) is 6.35. The molecular formula is C27H37N3O2. The zero-order chi connectivity index (χ0) is 22.9. The number of anilines is 2. The van der Waals surface area contributed by atoms with Crippen molar-refractivity contribution in [1.29, 1.82) is 0 Å². The van der Waals surface area contributed by atoms with Crippen LogP contribution in [0.5, 0.6) is 0 Å². The lowest BCUT2D eigenvalue weighted by Gasteiger charge is -2.36. The Hall–Kier alpha value is -2.82. The van der Waals surface area contributed by atoms with E-state index in [4.69, 9.17) is 0 Å². The van der Waals surface area contributed by atoms with Gasteiger partial charge in [0.1, 0.15) is 0 Å². The summed E-state index contributed by atoms with van der Waals surface area (Å²) in [6.45, 7) is 9.40. The monoisotopic (exact) mass is 435 g/mol. The Morgan fingerprint density at radius 2 is 1.66 bits per heavy atom. The first kappa shape index (κ1) is 23.8. The quantitative estimate of drug-likeness (QED) is 0.600. The number of unbranched alkanes of at least 4 members (excludes halogenated alkanes) is 1. The van der Waals surface area contributed by atoms with E-state index in [0.29, 0.717) is 6.42 Å². The summed E-state index contributed by atoms with van der Waals surface area (Å²) < 4.78 is 0. The first-order valence-electron chi connectivity index (χ1n) is 12.0. The summed E-state index contributed by atoms with van der Waals surface area (Å²) in [5.74, 6) is 0.403. The van der Waals surface area contributed by atoms with Crippen LogP contribution in [-0.4, -0.2) is 42.9 Å². The first-order chi connectivity index (χ1) is 15.5. The number of carbonyl (C=O) groups excluding carboxylic acids is 2. The summed E-state index contributed by atoms with van der Waals surface area (Å²) in [7, 11) is 0. The largest absolute Gasteiger partial charge is 0.368 e. The van der Waals surface area contributed by atoms with Crippen molar-refractivity contribution in [1.82, 2.24) is 4.90 Å². The van der Waals surface area contributed by atoms with Gasteiger partial charge >= 0.3 is 0 Å². The number of benzene rings is 2. The molecule has 0 saturated carbocycles. The summed E-state index contributed by atoms with van der Waals surface area (Å²) in [5, 5.41) is 3.07. The van der Waals surface area contributed by atoms with Crippen LogP contribution in [0.2, 0.25) is 0 Å². The number of nitrogens with one attached hydrogen (secondary N) is 1. The van der Waals surface area contributed by atoms with Crippen LogP contribution in [-0.2, 0) is 16.0 Å². The predicted octanol–water partition coefficient (Wildman–Crippen LogP) is 5.04. The standard InChI is InChI=1S/C27H37N3O2/c1-4-6-10-22(5-2)27(32)28-24-12-14-25(15-13-24)29-16-18-30(19-17-29)26(31)20-23-11-8-7-9-21(23)3/h7-9,11-15,22H,4-6,10,16-20H2,1-3H3,(H,28,32)/t22-/m0/s1. The summed E-state index contributed by atoms with van der Waals surface area (Å²) >= 11 is 0. The molecular weight excluding hydrogens is 398 g/mol. The van der Waals surface area contributed by atoms with Gasteiger partial charge in [0, 0.05) is 43.5 Å². The van der Waals surface area contributed by atoms with Crippen molar-refractivity contribution in [3.8, 4) is 0 Å². The van der Waals surface area contributed by atoms with Crippen molar-refractivity contribution >= 4 is 23.2 Å². The van der Waals surface area contributed by atoms with Gasteiger partial charge in [-0.05, 0) is 55.2 Å². The maximum Gasteiger partial charge on any atom is 0.227 e. The predicted molar refractivity (Wildman–Crippen MR) is 132 cm³/mol. The minimum Gasteiger partial charge on any atom is -0.368 e. The van der Waals surface area contributed by atoms with Gasteiger partial charge in [0.2, 0.25) is 11.8 Å². The maximum atomic E-state index is 12.7. The molecule has 1 saturated heterocycles. The van der Waals surface area contributed by atoms with Crippen LogP contribution in [0, 0.1) is 12.8 Å². The Kier molecular flexibility index (Phi) is 8.72. The molecule has 0 aliphatic carbocycles.